The van der Waals surface area contributed by atoms with Crippen LogP contribution in [-0.2, 0) is 9.47 Å². The number of hydrogen-bond donors (Lipinski definition) is 0. The van der Waals surface area contributed by atoms with E-state index in [1.165, 1.54) is 0 Å². The average Bonchev–Trinajstić information content (AvgIpc) is 2.14. The summed E-state index contributed by atoms with van der Waals surface area (Å²) < 4.78 is 10.7. The lowest BCUT2D eigenvalue weighted by Gasteiger charge is -2.26. The molecule has 0 atom stereocenters. The molecular formula is C10H19NO2. The van der Waals surface area contributed by atoms with Crippen molar-refractivity contribution >= 4 is 0 Å². The molecule has 0 aromatic carbocycles. The first-order valence-electron chi connectivity index (χ1n) is 4.81. The summed E-state index contributed by atoms with van der Waals surface area (Å²) in [4.78, 5) is 2.36. The molecule has 3 heteroatoms. The Labute approximate surface area is 80.3 Å². The predicted octanol–water partition coefficient (Wildman–Crippen LogP) is 0.911. The Morgan fingerprint density at radius 2 is 2.15 bits per heavy atom. The second-order valence-electron chi connectivity index (χ2n) is 3.46. The van der Waals surface area contributed by atoms with Gasteiger partial charge in [-0.1, -0.05) is 12.2 Å². The van der Waals surface area contributed by atoms with Crippen LogP contribution in [0.3, 0.4) is 0 Å². The smallest absolute Gasteiger partial charge is 0.0672 e. The van der Waals surface area contributed by atoms with E-state index in [2.05, 4.69) is 11.5 Å². The summed E-state index contributed by atoms with van der Waals surface area (Å²) in [7, 11) is 0. The Kier molecular flexibility index (Phi) is 5.05. The second kappa shape index (κ2) is 6.13. The summed E-state index contributed by atoms with van der Waals surface area (Å²) in [6.07, 6.45) is 0. The van der Waals surface area contributed by atoms with Crippen LogP contribution in [0.5, 0.6) is 0 Å². The van der Waals surface area contributed by atoms with E-state index in [0.717, 1.165) is 45.0 Å². The molecule has 0 aliphatic carbocycles. The Morgan fingerprint density at radius 3 is 2.77 bits per heavy atom. The van der Waals surface area contributed by atoms with Crippen LogP contribution >= 0.6 is 0 Å². The molecule has 1 aliphatic heterocycles. The number of rotatable bonds is 5. The second-order valence-corrected chi connectivity index (χ2v) is 3.46. The van der Waals surface area contributed by atoms with Crippen molar-refractivity contribution in [1.29, 1.82) is 0 Å². The van der Waals surface area contributed by atoms with Gasteiger partial charge in [0.1, 0.15) is 0 Å². The van der Waals surface area contributed by atoms with E-state index < -0.39 is 0 Å². The minimum absolute atomic E-state index is 0.685. The molecule has 1 heterocycles. The van der Waals surface area contributed by atoms with Crippen LogP contribution in [0.15, 0.2) is 12.2 Å². The van der Waals surface area contributed by atoms with E-state index in [1.807, 2.05) is 6.92 Å². The summed E-state index contributed by atoms with van der Waals surface area (Å²) in [5.41, 5.74) is 1.09. The van der Waals surface area contributed by atoms with E-state index in [-0.39, 0.29) is 0 Å². The number of ether oxygens (including phenoxy) is 2. The number of morpholine rings is 1. The van der Waals surface area contributed by atoms with Gasteiger partial charge < -0.3 is 9.47 Å². The van der Waals surface area contributed by atoms with Crippen LogP contribution in [0.25, 0.3) is 0 Å². The topological polar surface area (TPSA) is 21.7 Å². The van der Waals surface area contributed by atoms with E-state index in [9.17, 15) is 0 Å². The molecule has 3 nitrogen and oxygen atoms in total. The Balaban J connectivity index is 1.95. The average molecular weight is 185 g/mol. The first kappa shape index (κ1) is 10.7. The standard InChI is InChI=1S/C10H19NO2/c1-10(2)9-13-8-5-11-3-6-12-7-4-11/h1,3-9H2,2H3. The van der Waals surface area contributed by atoms with Crippen LogP contribution in [0.2, 0.25) is 0 Å². The molecule has 1 saturated heterocycles. The van der Waals surface area contributed by atoms with Gasteiger partial charge in [-0.05, 0) is 6.92 Å². The van der Waals surface area contributed by atoms with Gasteiger partial charge in [0.05, 0.1) is 26.4 Å². The molecule has 13 heavy (non-hydrogen) atoms. The lowest BCUT2D eigenvalue weighted by atomic mass is 10.4. The van der Waals surface area contributed by atoms with Crippen molar-refractivity contribution in [3.8, 4) is 0 Å². The monoisotopic (exact) mass is 185 g/mol. The van der Waals surface area contributed by atoms with Crippen LogP contribution in [0.1, 0.15) is 6.92 Å². The maximum Gasteiger partial charge on any atom is 0.0672 e. The third kappa shape index (κ3) is 5.03. The summed E-state index contributed by atoms with van der Waals surface area (Å²) in [5, 5.41) is 0. The van der Waals surface area contributed by atoms with Crippen LogP contribution < -0.4 is 0 Å². The van der Waals surface area contributed by atoms with E-state index in [4.69, 9.17) is 9.47 Å². The summed E-state index contributed by atoms with van der Waals surface area (Å²) >= 11 is 0. The first-order chi connectivity index (χ1) is 6.29. The van der Waals surface area contributed by atoms with Crippen molar-refractivity contribution in [3.05, 3.63) is 12.2 Å². The van der Waals surface area contributed by atoms with Gasteiger partial charge in [0.15, 0.2) is 0 Å². The van der Waals surface area contributed by atoms with Crippen LogP contribution in [0.4, 0.5) is 0 Å². The highest BCUT2D eigenvalue weighted by Gasteiger charge is 2.08. The molecule has 1 aliphatic rings. The molecule has 0 N–H and O–H groups in total. The van der Waals surface area contributed by atoms with Gasteiger partial charge in [-0.25, -0.2) is 0 Å². The van der Waals surface area contributed by atoms with Crippen molar-refractivity contribution < 1.29 is 9.47 Å². The van der Waals surface area contributed by atoms with Crippen molar-refractivity contribution in [2.75, 3.05) is 46.1 Å². The third-order valence-corrected chi connectivity index (χ3v) is 2.00. The summed E-state index contributed by atoms with van der Waals surface area (Å²) in [5.74, 6) is 0. The fourth-order valence-corrected chi connectivity index (χ4v) is 1.26. The largest absolute Gasteiger partial charge is 0.379 e. The quantitative estimate of drug-likeness (QED) is 0.469. The zero-order valence-corrected chi connectivity index (χ0v) is 8.42. The molecule has 0 bridgehead atoms. The SMILES string of the molecule is C=C(C)COCCN1CCOCC1. The van der Waals surface area contributed by atoms with E-state index in [1.54, 1.807) is 0 Å². The maximum atomic E-state index is 5.42. The molecule has 0 saturated carbocycles. The highest BCUT2D eigenvalue weighted by atomic mass is 16.5. The fourth-order valence-electron chi connectivity index (χ4n) is 1.26. The summed E-state index contributed by atoms with van der Waals surface area (Å²) in [6.45, 7) is 12.1. The van der Waals surface area contributed by atoms with Gasteiger partial charge in [0.2, 0.25) is 0 Å². The van der Waals surface area contributed by atoms with Crippen LogP contribution in [-0.4, -0.2) is 51.0 Å². The Bertz CT molecular complexity index is 153. The fraction of sp³-hybridized carbons (Fsp3) is 0.800. The highest BCUT2D eigenvalue weighted by Crippen LogP contribution is 1.96. The van der Waals surface area contributed by atoms with Gasteiger partial charge >= 0.3 is 0 Å². The normalized spacial score (nSPS) is 18.8. The van der Waals surface area contributed by atoms with Crippen LogP contribution in [0, 0.1) is 0 Å². The highest BCUT2D eigenvalue weighted by molar-refractivity contribution is 4.87. The molecule has 0 spiro atoms. The minimum atomic E-state index is 0.685. The molecule has 1 fully saturated rings. The zero-order chi connectivity index (χ0) is 9.52. The van der Waals surface area contributed by atoms with Gasteiger partial charge in [0.25, 0.3) is 0 Å². The minimum Gasteiger partial charge on any atom is -0.379 e. The molecule has 0 aromatic rings. The zero-order valence-electron chi connectivity index (χ0n) is 8.42. The Hall–Kier alpha value is -0.380. The molecule has 76 valence electrons. The van der Waals surface area contributed by atoms with Gasteiger partial charge in [-0.3, -0.25) is 4.90 Å². The molecule has 1 rings (SSSR count). The maximum absolute atomic E-state index is 5.42. The van der Waals surface area contributed by atoms with E-state index >= 15 is 0 Å². The van der Waals surface area contributed by atoms with Crippen molar-refractivity contribution in [2.45, 2.75) is 6.92 Å². The van der Waals surface area contributed by atoms with Gasteiger partial charge in [-0.15, -0.1) is 0 Å². The molecule has 0 amide bonds. The lowest BCUT2D eigenvalue weighted by Crippen LogP contribution is -2.38. The predicted molar refractivity (Wildman–Crippen MR) is 52.9 cm³/mol. The third-order valence-electron chi connectivity index (χ3n) is 2.00. The van der Waals surface area contributed by atoms with E-state index in [0.29, 0.717) is 6.61 Å². The van der Waals surface area contributed by atoms with Crippen molar-refractivity contribution in [1.82, 2.24) is 4.90 Å². The molecule has 0 unspecified atom stereocenters. The molecular weight excluding hydrogens is 166 g/mol. The van der Waals surface area contributed by atoms with Gasteiger partial charge in [-0.2, -0.15) is 0 Å². The number of hydrogen-bond acceptors (Lipinski definition) is 3. The Morgan fingerprint density at radius 1 is 1.46 bits per heavy atom. The van der Waals surface area contributed by atoms with Gasteiger partial charge in [0, 0.05) is 19.6 Å². The molecule has 0 aromatic heterocycles. The van der Waals surface area contributed by atoms with Crippen molar-refractivity contribution in [3.63, 3.8) is 0 Å². The first-order valence-corrected chi connectivity index (χ1v) is 4.81. The molecule has 0 radical (unpaired) electrons. The van der Waals surface area contributed by atoms with Crippen molar-refractivity contribution in [2.24, 2.45) is 0 Å². The lowest BCUT2D eigenvalue weighted by molar-refractivity contribution is 0.0228. The number of nitrogens with zero attached hydrogens (tertiary/aromatic N) is 1. The summed E-state index contributed by atoms with van der Waals surface area (Å²) in [6, 6.07) is 0.